The molecule has 0 bridgehead atoms. The molecule has 0 aliphatic heterocycles. The standard InChI is InChI=1S/C24H25FN2O4S/c1-17-12-14-19(15-13-17)32(29,30)27(22-10-6-5-9-21(22)25)16-24(28)26-18(2)20-8-4-7-11-23(20)31-3/h4-15,18H,16H2,1-3H3,(H,26,28). The molecular weight excluding hydrogens is 431 g/mol. The number of para-hydroxylation sites is 2. The molecule has 3 aromatic carbocycles. The van der Waals surface area contributed by atoms with E-state index in [4.69, 9.17) is 4.74 Å². The van der Waals surface area contributed by atoms with Crippen LogP contribution in [0.25, 0.3) is 0 Å². The van der Waals surface area contributed by atoms with Gasteiger partial charge in [0.1, 0.15) is 18.1 Å². The van der Waals surface area contributed by atoms with Gasteiger partial charge in [-0.3, -0.25) is 9.10 Å². The number of ether oxygens (including phenoxy) is 1. The zero-order chi connectivity index (χ0) is 23.3. The molecule has 6 nitrogen and oxygen atoms in total. The van der Waals surface area contributed by atoms with Crippen LogP contribution in [-0.4, -0.2) is 28.0 Å². The predicted molar refractivity (Wildman–Crippen MR) is 122 cm³/mol. The molecule has 1 atom stereocenters. The summed E-state index contributed by atoms with van der Waals surface area (Å²) in [5, 5.41) is 2.78. The van der Waals surface area contributed by atoms with Gasteiger partial charge in [0, 0.05) is 5.56 Å². The lowest BCUT2D eigenvalue weighted by Gasteiger charge is -2.25. The Morgan fingerprint density at radius 3 is 2.31 bits per heavy atom. The zero-order valence-corrected chi connectivity index (χ0v) is 18.9. The van der Waals surface area contributed by atoms with Crippen molar-refractivity contribution in [3.05, 3.63) is 89.7 Å². The first-order valence-electron chi connectivity index (χ1n) is 10.00. The lowest BCUT2D eigenvalue weighted by Crippen LogP contribution is -2.42. The molecule has 1 N–H and O–H groups in total. The summed E-state index contributed by atoms with van der Waals surface area (Å²) < 4.78 is 47.4. The second-order valence-electron chi connectivity index (χ2n) is 7.31. The fourth-order valence-corrected chi connectivity index (χ4v) is 4.74. The number of hydrogen-bond donors (Lipinski definition) is 1. The van der Waals surface area contributed by atoms with E-state index in [1.165, 1.54) is 37.4 Å². The first-order chi connectivity index (χ1) is 15.2. The second kappa shape index (κ2) is 9.82. The Hall–Kier alpha value is -3.39. The lowest BCUT2D eigenvalue weighted by atomic mass is 10.1. The molecule has 168 valence electrons. The molecule has 1 amide bonds. The number of carbonyl (C=O) groups is 1. The third-order valence-corrected chi connectivity index (χ3v) is 6.77. The molecule has 32 heavy (non-hydrogen) atoms. The van der Waals surface area contributed by atoms with E-state index < -0.39 is 34.3 Å². The second-order valence-corrected chi connectivity index (χ2v) is 9.17. The van der Waals surface area contributed by atoms with Crippen LogP contribution in [0.5, 0.6) is 5.75 Å². The van der Waals surface area contributed by atoms with Gasteiger partial charge in [-0.25, -0.2) is 12.8 Å². The number of nitrogens with zero attached hydrogens (tertiary/aromatic N) is 1. The van der Waals surface area contributed by atoms with E-state index in [1.807, 2.05) is 25.1 Å². The first-order valence-corrected chi connectivity index (χ1v) is 11.4. The molecule has 0 fully saturated rings. The highest BCUT2D eigenvalue weighted by Crippen LogP contribution is 2.27. The van der Waals surface area contributed by atoms with E-state index in [0.29, 0.717) is 5.75 Å². The summed E-state index contributed by atoms with van der Waals surface area (Å²) in [7, 11) is -2.66. The molecule has 0 spiro atoms. The molecule has 3 rings (SSSR count). The number of benzene rings is 3. The largest absolute Gasteiger partial charge is 0.496 e. The number of anilines is 1. The molecular formula is C24H25FN2O4S. The molecule has 0 radical (unpaired) electrons. The van der Waals surface area contributed by atoms with Crippen molar-refractivity contribution in [3.63, 3.8) is 0 Å². The highest BCUT2D eigenvalue weighted by Gasteiger charge is 2.29. The molecule has 0 saturated carbocycles. The van der Waals surface area contributed by atoms with Crippen molar-refractivity contribution >= 4 is 21.6 Å². The fourth-order valence-electron chi connectivity index (χ4n) is 3.31. The summed E-state index contributed by atoms with van der Waals surface area (Å²) in [6.07, 6.45) is 0. The maximum Gasteiger partial charge on any atom is 0.264 e. The van der Waals surface area contributed by atoms with Crippen LogP contribution in [0, 0.1) is 12.7 Å². The maximum absolute atomic E-state index is 14.6. The average Bonchev–Trinajstić information content (AvgIpc) is 2.78. The topological polar surface area (TPSA) is 75.7 Å². The van der Waals surface area contributed by atoms with Crippen LogP contribution in [0.1, 0.15) is 24.1 Å². The summed E-state index contributed by atoms with van der Waals surface area (Å²) in [6.45, 7) is 3.01. The Kier molecular flexibility index (Phi) is 7.15. The summed E-state index contributed by atoms with van der Waals surface area (Å²) in [4.78, 5) is 12.8. The van der Waals surface area contributed by atoms with E-state index in [0.717, 1.165) is 21.5 Å². The Morgan fingerprint density at radius 2 is 1.66 bits per heavy atom. The highest BCUT2D eigenvalue weighted by atomic mass is 32.2. The maximum atomic E-state index is 14.6. The van der Waals surface area contributed by atoms with Crippen molar-refractivity contribution in [1.82, 2.24) is 5.32 Å². The number of halogens is 1. The number of sulfonamides is 1. The first kappa shape index (κ1) is 23.3. The Balaban J connectivity index is 1.92. The number of nitrogens with one attached hydrogen (secondary N) is 1. The Bertz CT molecular complexity index is 1200. The van der Waals surface area contributed by atoms with Crippen molar-refractivity contribution in [2.75, 3.05) is 18.0 Å². The number of methoxy groups -OCH3 is 1. The fraction of sp³-hybridized carbons (Fsp3) is 0.208. The third kappa shape index (κ3) is 5.08. The molecule has 0 aliphatic rings. The molecule has 3 aromatic rings. The summed E-state index contributed by atoms with van der Waals surface area (Å²) >= 11 is 0. The van der Waals surface area contributed by atoms with Crippen LogP contribution >= 0.6 is 0 Å². The van der Waals surface area contributed by atoms with Gasteiger partial charge in [-0.1, -0.05) is 48.0 Å². The van der Waals surface area contributed by atoms with Crippen LogP contribution < -0.4 is 14.4 Å². The van der Waals surface area contributed by atoms with Gasteiger partial charge in [-0.05, 0) is 44.2 Å². The van der Waals surface area contributed by atoms with E-state index in [9.17, 15) is 17.6 Å². The van der Waals surface area contributed by atoms with Crippen molar-refractivity contribution in [2.24, 2.45) is 0 Å². The lowest BCUT2D eigenvalue weighted by molar-refractivity contribution is -0.120. The zero-order valence-electron chi connectivity index (χ0n) is 18.1. The van der Waals surface area contributed by atoms with Gasteiger partial charge in [0.15, 0.2) is 0 Å². The highest BCUT2D eigenvalue weighted by molar-refractivity contribution is 7.92. The number of hydrogen-bond acceptors (Lipinski definition) is 4. The minimum atomic E-state index is -4.19. The van der Waals surface area contributed by atoms with Gasteiger partial charge < -0.3 is 10.1 Å². The van der Waals surface area contributed by atoms with Gasteiger partial charge in [0.2, 0.25) is 5.91 Å². The van der Waals surface area contributed by atoms with Crippen molar-refractivity contribution in [1.29, 1.82) is 0 Å². The molecule has 1 unspecified atom stereocenters. The average molecular weight is 457 g/mol. The van der Waals surface area contributed by atoms with Crippen LogP contribution in [-0.2, 0) is 14.8 Å². The van der Waals surface area contributed by atoms with Crippen LogP contribution in [0.2, 0.25) is 0 Å². The normalized spacial score (nSPS) is 12.1. The summed E-state index contributed by atoms with van der Waals surface area (Å²) in [5.41, 5.74) is 1.42. The number of aryl methyl sites for hydroxylation is 1. The van der Waals surface area contributed by atoms with E-state index >= 15 is 0 Å². The van der Waals surface area contributed by atoms with E-state index in [2.05, 4.69) is 5.32 Å². The van der Waals surface area contributed by atoms with E-state index in [1.54, 1.807) is 25.1 Å². The number of carbonyl (C=O) groups excluding carboxylic acids is 1. The minimum Gasteiger partial charge on any atom is -0.496 e. The third-order valence-electron chi connectivity index (χ3n) is 5.00. The van der Waals surface area contributed by atoms with Crippen molar-refractivity contribution in [2.45, 2.75) is 24.8 Å². The predicted octanol–water partition coefficient (Wildman–Crippen LogP) is 4.22. The molecule has 0 aromatic heterocycles. The van der Waals surface area contributed by atoms with Crippen LogP contribution in [0.15, 0.2) is 77.7 Å². The summed E-state index contributed by atoms with van der Waals surface area (Å²) in [6, 6.07) is 18.4. The molecule has 0 heterocycles. The van der Waals surface area contributed by atoms with Gasteiger partial charge in [0.25, 0.3) is 10.0 Å². The molecule has 8 heteroatoms. The van der Waals surface area contributed by atoms with Gasteiger partial charge in [0.05, 0.1) is 23.7 Å². The SMILES string of the molecule is COc1ccccc1C(C)NC(=O)CN(c1ccccc1F)S(=O)(=O)c1ccc(C)cc1. The molecule has 0 saturated heterocycles. The molecule has 0 aliphatic carbocycles. The summed E-state index contributed by atoms with van der Waals surface area (Å²) in [5.74, 6) is -0.727. The Labute approximate surface area is 187 Å². The van der Waals surface area contributed by atoms with E-state index in [-0.39, 0.29) is 10.6 Å². The quantitative estimate of drug-likeness (QED) is 0.551. The van der Waals surface area contributed by atoms with Gasteiger partial charge in [-0.2, -0.15) is 0 Å². The monoisotopic (exact) mass is 456 g/mol. The van der Waals surface area contributed by atoms with Crippen LogP contribution in [0.3, 0.4) is 0 Å². The van der Waals surface area contributed by atoms with Crippen molar-refractivity contribution in [3.8, 4) is 5.75 Å². The van der Waals surface area contributed by atoms with Gasteiger partial charge in [-0.15, -0.1) is 0 Å². The number of amides is 1. The Morgan fingerprint density at radius 1 is 1.03 bits per heavy atom. The van der Waals surface area contributed by atoms with Crippen molar-refractivity contribution < 1.29 is 22.3 Å². The van der Waals surface area contributed by atoms with Crippen LogP contribution in [0.4, 0.5) is 10.1 Å². The minimum absolute atomic E-state index is 0.0306. The smallest absolute Gasteiger partial charge is 0.264 e. The number of rotatable bonds is 8. The van der Waals surface area contributed by atoms with Gasteiger partial charge >= 0.3 is 0 Å².